The number of nitrogens with two attached hydrogens (primary N) is 1. The topological polar surface area (TPSA) is 89.3 Å². The summed E-state index contributed by atoms with van der Waals surface area (Å²) in [6.45, 7) is 1.67. The van der Waals surface area contributed by atoms with Crippen molar-refractivity contribution >= 4 is 33.0 Å². The molecule has 1 aromatic carbocycles. The molecule has 1 atom stereocenters. The summed E-state index contributed by atoms with van der Waals surface area (Å²) in [7, 11) is -3.36. The fourth-order valence-electron chi connectivity index (χ4n) is 1.96. The third-order valence-corrected chi connectivity index (χ3v) is 4.97. The molecule has 5 nitrogen and oxygen atoms in total. The first kappa shape index (κ1) is 15.3. The molecule has 0 aliphatic heterocycles. The summed E-state index contributed by atoms with van der Waals surface area (Å²) in [6, 6.07) is 4.19. The van der Waals surface area contributed by atoms with Gasteiger partial charge in [-0.05, 0) is 43.9 Å². The van der Waals surface area contributed by atoms with Crippen LogP contribution in [0.5, 0.6) is 0 Å². The van der Waals surface area contributed by atoms with Crippen LogP contribution < -0.4 is 11.1 Å². The van der Waals surface area contributed by atoms with Gasteiger partial charge in [-0.2, -0.15) is 0 Å². The Balaban J connectivity index is 2.27. The van der Waals surface area contributed by atoms with Crippen LogP contribution in [0.25, 0.3) is 0 Å². The van der Waals surface area contributed by atoms with E-state index >= 15 is 0 Å². The summed E-state index contributed by atoms with van der Waals surface area (Å²) in [5, 5.41) is 2.90. The third kappa shape index (κ3) is 3.13. The van der Waals surface area contributed by atoms with Gasteiger partial charge in [-0.3, -0.25) is 4.79 Å². The van der Waals surface area contributed by atoms with E-state index in [1.54, 1.807) is 6.92 Å². The van der Waals surface area contributed by atoms with E-state index in [2.05, 4.69) is 5.32 Å². The largest absolute Gasteiger partial charge is 0.323 e. The highest BCUT2D eigenvalue weighted by atomic mass is 35.5. The second-order valence-corrected chi connectivity index (χ2v) is 7.85. The van der Waals surface area contributed by atoms with Gasteiger partial charge in [0.05, 0.1) is 21.1 Å². The van der Waals surface area contributed by atoms with Gasteiger partial charge in [0.25, 0.3) is 0 Å². The van der Waals surface area contributed by atoms with Crippen molar-refractivity contribution < 1.29 is 13.2 Å². The Labute approximate surface area is 123 Å². The number of halogens is 1. The van der Waals surface area contributed by atoms with E-state index in [9.17, 15) is 13.2 Å². The van der Waals surface area contributed by atoms with Crippen molar-refractivity contribution in [1.29, 1.82) is 0 Å². The number of anilines is 1. The Hall–Kier alpha value is -1.11. The Kier molecular flexibility index (Phi) is 3.83. The average molecular weight is 317 g/mol. The Morgan fingerprint density at radius 2 is 2.05 bits per heavy atom. The van der Waals surface area contributed by atoms with Crippen LogP contribution in [-0.4, -0.2) is 26.1 Å². The maximum Gasteiger partial charge on any atom is 0.244 e. The highest BCUT2D eigenvalue weighted by Gasteiger charge is 2.44. The lowest BCUT2D eigenvalue weighted by Crippen LogP contribution is -2.50. The molecule has 0 spiro atoms. The molecule has 1 aliphatic carbocycles. The lowest BCUT2D eigenvalue weighted by atomic mass is 9.96. The summed E-state index contributed by atoms with van der Waals surface area (Å²) in [5.74, 6) is -0.188. The lowest BCUT2D eigenvalue weighted by Gasteiger charge is -2.23. The molecule has 0 aromatic heterocycles. The zero-order chi connectivity index (χ0) is 15.1. The highest BCUT2D eigenvalue weighted by Crippen LogP contribution is 2.39. The number of hydrogen-bond donors (Lipinski definition) is 2. The standard InChI is InChI=1S/C13H17ClN2O3S/c1-13(15,8-3-4-8)12(17)16-11-7-9(20(2,18)19)5-6-10(11)14/h5-8H,3-4,15H2,1-2H3,(H,16,17). The molecule has 1 aliphatic rings. The minimum absolute atomic E-state index is 0.0994. The van der Waals surface area contributed by atoms with E-state index in [1.807, 2.05) is 0 Å². The predicted molar refractivity (Wildman–Crippen MR) is 78.5 cm³/mol. The van der Waals surface area contributed by atoms with E-state index in [1.165, 1.54) is 18.2 Å². The molecular weight excluding hydrogens is 300 g/mol. The molecule has 1 saturated carbocycles. The van der Waals surface area contributed by atoms with Crippen molar-refractivity contribution in [2.75, 3.05) is 11.6 Å². The van der Waals surface area contributed by atoms with E-state index < -0.39 is 15.4 Å². The fourth-order valence-corrected chi connectivity index (χ4v) is 2.77. The lowest BCUT2D eigenvalue weighted by molar-refractivity contribution is -0.121. The second-order valence-electron chi connectivity index (χ2n) is 5.42. The van der Waals surface area contributed by atoms with Crippen LogP contribution in [0.4, 0.5) is 5.69 Å². The zero-order valence-electron chi connectivity index (χ0n) is 11.3. The van der Waals surface area contributed by atoms with Crippen LogP contribution >= 0.6 is 11.6 Å². The van der Waals surface area contributed by atoms with Crippen molar-refractivity contribution in [3.63, 3.8) is 0 Å². The van der Waals surface area contributed by atoms with Crippen molar-refractivity contribution in [2.45, 2.75) is 30.2 Å². The quantitative estimate of drug-likeness (QED) is 0.886. The van der Waals surface area contributed by atoms with Gasteiger partial charge in [0.1, 0.15) is 0 Å². The third-order valence-electron chi connectivity index (χ3n) is 3.53. The van der Waals surface area contributed by atoms with Crippen molar-refractivity contribution in [1.82, 2.24) is 0 Å². The first-order valence-corrected chi connectivity index (χ1v) is 8.49. The maximum absolute atomic E-state index is 12.2. The summed E-state index contributed by atoms with van der Waals surface area (Å²) in [5.41, 5.74) is 5.31. The molecule has 7 heteroatoms. The van der Waals surface area contributed by atoms with Gasteiger partial charge in [0.2, 0.25) is 5.91 Å². The molecule has 2 rings (SSSR count). The Bertz CT molecular complexity index is 652. The van der Waals surface area contributed by atoms with Crippen LogP contribution in [0.3, 0.4) is 0 Å². The van der Waals surface area contributed by atoms with Crippen LogP contribution in [0, 0.1) is 5.92 Å². The number of carbonyl (C=O) groups excluding carboxylic acids is 1. The van der Waals surface area contributed by atoms with Crippen LogP contribution in [0.15, 0.2) is 23.1 Å². The minimum atomic E-state index is -3.36. The molecule has 0 bridgehead atoms. The van der Waals surface area contributed by atoms with Gasteiger partial charge >= 0.3 is 0 Å². The number of rotatable bonds is 4. The number of nitrogens with one attached hydrogen (secondary N) is 1. The first-order valence-electron chi connectivity index (χ1n) is 6.22. The molecule has 1 unspecified atom stereocenters. The van der Waals surface area contributed by atoms with Gasteiger partial charge in [0, 0.05) is 6.26 Å². The van der Waals surface area contributed by atoms with E-state index in [-0.39, 0.29) is 27.4 Å². The maximum atomic E-state index is 12.2. The number of sulfone groups is 1. The van der Waals surface area contributed by atoms with Gasteiger partial charge in [0.15, 0.2) is 9.84 Å². The molecule has 1 amide bonds. The zero-order valence-corrected chi connectivity index (χ0v) is 12.9. The molecular formula is C13H17ClN2O3S. The van der Waals surface area contributed by atoms with Crippen LogP contribution in [0.1, 0.15) is 19.8 Å². The fraction of sp³-hybridized carbons (Fsp3) is 0.462. The molecule has 1 fully saturated rings. The summed E-state index contributed by atoms with van der Waals surface area (Å²) in [4.78, 5) is 12.3. The van der Waals surface area contributed by atoms with Gasteiger partial charge < -0.3 is 11.1 Å². The Morgan fingerprint density at radius 1 is 1.45 bits per heavy atom. The predicted octanol–water partition coefficient (Wildman–Crippen LogP) is 1.81. The minimum Gasteiger partial charge on any atom is -0.323 e. The SMILES string of the molecule is CC(N)(C(=O)Nc1cc(S(C)(=O)=O)ccc1Cl)C1CC1. The van der Waals surface area contributed by atoms with Crippen molar-refractivity contribution in [3.05, 3.63) is 23.2 Å². The number of amides is 1. The van der Waals surface area contributed by atoms with E-state index in [4.69, 9.17) is 17.3 Å². The normalized spacial score (nSPS) is 18.4. The number of benzene rings is 1. The highest BCUT2D eigenvalue weighted by molar-refractivity contribution is 7.90. The van der Waals surface area contributed by atoms with E-state index in [0.29, 0.717) is 0 Å². The van der Waals surface area contributed by atoms with Gasteiger partial charge in [-0.1, -0.05) is 11.6 Å². The molecule has 0 radical (unpaired) electrons. The molecule has 3 N–H and O–H groups in total. The summed E-state index contributed by atoms with van der Waals surface area (Å²) in [6.07, 6.45) is 2.95. The second kappa shape index (κ2) is 5.02. The van der Waals surface area contributed by atoms with Gasteiger partial charge in [-0.15, -0.1) is 0 Å². The monoisotopic (exact) mass is 316 g/mol. The van der Waals surface area contributed by atoms with Crippen LogP contribution in [0.2, 0.25) is 5.02 Å². The molecule has 1 aromatic rings. The molecule has 0 heterocycles. The van der Waals surface area contributed by atoms with Crippen LogP contribution in [-0.2, 0) is 14.6 Å². The van der Waals surface area contributed by atoms with E-state index in [0.717, 1.165) is 19.1 Å². The molecule has 20 heavy (non-hydrogen) atoms. The molecule has 110 valence electrons. The van der Waals surface area contributed by atoms with Gasteiger partial charge in [-0.25, -0.2) is 8.42 Å². The average Bonchev–Trinajstić information content (AvgIpc) is 3.14. The first-order chi connectivity index (χ1) is 9.12. The Morgan fingerprint density at radius 3 is 2.55 bits per heavy atom. The summed E-state index contributed by atoms with van der Waals surface area (Å²) < 4.78 is 23.0. The van der Waals surface area contributed by atoms with Crippen molar-refractivity contribution in [2.24, 2.45) is 11.7 Å². The summed E-state index contributed by atoms with van der Waals surface area (Å²) >= 11 is 5.99. The number of carbonyl (C=O) groups is 1. The molecule has 0 saturated heterocycles. The van der Waals surface area contributed by atoms with Crippen molar-refractivity contribution in [3.8, 4) is 0 Å². The number of hydrogen-bond acceptors (Lipinski definition) is 4. The smallest absolute Gasteiger partial charge is 0.244 e.